The third-order valence-corrected chi connectivity index (χ3v) is 6.75. The lowest BCUT2D eigenvalue weighted by Gasteiger charge is -2.20. The second-order valence-corrected chi connectivity index (χ2v) is 8.59. The van der Waals surface area contributed by atoms with Crippen molar-refractivity contribution >= 4 is 20.0 Å². The fourth-order valence-electron chi connectivity index (χ4n) is 3.61. The van der Waals surface area contributed by atoms with Gasteiger partial charge < -0.3 is 9.47 Å². The lowest BCUT2D eigenvalue weighted by molar-refractivity contribution is 0.436. The summed E-state index contributed by atoms with van der Waals surface area (Å²) in [5.41, 5.74) is 3.85. The number of fused-ring (bicyclic) bond motifs is 4. The lowest BCUT2D eigenvalue weighted by atomic mass is 10.1. The highest BCUT2D eigenvalue weighted by atomic mass is 28.2. The third-order valence-electron chi connectivity index (χ3n) is 5.00. The van der Waals surface area contributed by atoms with Crippen LogP contribution >= 0.6 is 0 Å². The number of rotatable bonds is 1. The highest BCUT2D eigenvalue weighted by Gasteiger charge is 2.22. The largest absolute Gasteiger partial charge is 0.438 e. The molecular formula is C21H14N4O2Si. The highest BCUT2D eigenvalue weighted by Crippen LogP contribution is 2.35. The number of para-hydroxylation sites is 1. The van der Waals surface area contributed by atoms with Gasteiger partial charge in [-0.05, 0) is 23.4 Å². The van der Waals surface area contributed by atoms with Gasteiger partial charge in [0.15, 0.2) is 0 Å². The molecule has 0 N–H and O–H groups in total. The van der Waals surface area contributed by atoms with Crippen molar-refractivity contribution in [2.75, 3.05) is 0 Å². The summed E-state index contributed by atoms with van der Waals surface area (Å²) in [6.07, 6.45) is 5.87. The molecular weight excluding hydrogens is 368 g/mol. The molecule has 0 saturated carbocycles. The van der Waals surface area contributed by atoms with Crippen LogP contribution in [0.15, 0.2) is 61.1 Å². The maximum Gasteiger partial charge on any atom is 0.241 e. The average Bonchev–Trinajstić information content (AvgIpc) is 2.75. The van der Waals surface area contributed by atoms with E-state index >= 15 is 0 Å². The zero-order valence-electron chi connectivity index (χ0n) is 14.8. The SMILES string of the molecule is c1ccc2c(c1)Cc1nc(-c3ccc4c(c3)[SiH2]c3nccnc3O4)cnc1O2. The van der Waals surface area contributed by atoms with Gasteiger partial charge in [-0.15, -0.1) is 0 Å². The van der Waals surface area contributed by atoms with Gasteiger partial charge in [0.25, 0.3) is 0 Å². The van der Waals surface area contributed by atoms with Crippen molar-refractivity contribution in [3.63, 3.8) is 0 Å². The predicted octanol–water partition coefficient (Wildman–Crippen LogP) is 1.86. The molecule has 28 heavy (non-hydrogen) atoms. The van der Waals surface area contributed by atoms with E-state index < -0.39 is 9.52 Å². The number of benzene rings is 2. The lowest BCUT2D eigenvalue weighted by Crippen LogP contribution is -2.36. The zero-order chi connectivity index (χ0) is 18.5. The second-order valence-electron chi connectivity index (χ2n) is 6.80. The topological polar surface area (TPSA) is 70.0 Å². The van der Waals surface area contributed by atoms with Crippen LogP contribution in [0.4, 0.5) is 0 Å². The number of aromatic nitrogens is 4. The number of hydrogen-bond acceptors (Lipinski definition) is 6. The molecule has 2 aliphatic rings. The van der Waals surface area contributed by atoms with Crippen molar-refractivity contribution in [3.05, 3.63) is 72.3 Å². The standard InChI is InChI=1S/C21H14N4O2Si/c1-2-4-16-13(3-1)9-14-19(26-16)24-11-15(25-14)12-5-6-17-18(10-12)28-21-20(27-17)22-7-8-23-21/h1-8,10-11H,9,28H2. The molecule has 0 spiro atoms. The molecule has 4 heterocycles. The summed E-state index contributed by atoms with van der Waals surface area (Å²) in [6.45, 7) is 0. The molecule has 0 atom stereocenters. The predicted molar refractivity (Wildman–Crippen MR) is 107 cm³/mol. The van der Waals surface area contributed by atoms with E-state index in [2.05, 4.69) is 27.1 Å². The Morgan fingerprint density at radius 1 is 0.857 bits per heavy atom. The van der Waals surface area contributed by atoms with Crippen molar-refractivity contribution in [2.24, 2.45) is 0 Å². The minimum Gasteiger partial charge on any atom is -0.438 e. The summed E-state index contributed by atoms with van der Waals surface area (Å²) < 4.78 is 11.8. The monoisotopic (exact) mass is 382 g/mol. The van der Waals surface area contributed by atoms with Crippen molar-refractivity contribution in [1.82, 2.24) is 19.9 Å². The fraction of sp³-hybridized carbons (Fsp3) is 0.0476. The summed E-state index contributed by atoms with van der Waals surface area (Å²) in [5, 5.41) is 2.18. The van der Waals surface area contributed by atoms with Crippen molar-refractivity contribution < 1.29 is 9.47 Å². The average molecular weight is 382 g/mol. The number of ether oxygens (including phenoxy) is 2. The molecule has 7 heteroatoms. The van der Waals surface area contributed by atoms with Gasteiger partial charge in [-0.2, -0.15) is 0 Å². The third kappa shape index (κ3) is 2.48. The Hall–Kier alpha value is -3.58. The minimum absolute atomic E-state index is 0.585. The van der Waals surface area contributed by atoms with Crippen LogP contribution in [0.3, 0.4) is 0 Å². The van der Waals surface area contributed by atoms with Crippen LogP contribution in [0.25, 0.3) is 11.3 Å². The minimum atomic E-state index is -0.748. The van der Waals surface area contributed by atoms with Crippen molar-refractivity contribution in [3.8, 4) is 34.5 Å². The smallest absolute Gasteiger partial charge is 0.241 e. The molecule has 2 aliphatic heterocycles. The zero-order valence-corrected chi connectivity index (χ0v) is 16.2. The Bertz CT molecular complexity index is 1150. The molecule has 6 nitrogen and oxygen atoms in total. The molecule has 0 radical (unpaired) electrons. The van der Waals surface area contributed by atoms with E-state index in [0.29, 0.717) is 11.8 Å². The summed E-state index contributed by atoms with van der Waals surface area (Å²) in [6, 6.07) is 14.2. The van der Waals surface area contributed by atoms with Crippen LogP contribution in [0.1, 0.15) is 11.3 Å². The van der Waals surface area contributed by atoms with E-state index in [0.717, 1.165) is 45.8 Å². The van der Waals surface area contributed by atoms with Crippen LogP contribution in [0.5, 0.6) is 23.3 Å². The van der Waals surface area contributed by atoms with E-state index in [-0.39, 0.29) is 0 Å². The molecule has 0 amide bonds. The number of nitrogens with zero attached hydrogens (tertiary/aromatic N) is 4. The van der Waals surface area contributed by atoms with Gasteiger partial charge in [0.1, 0.15) is 26.7 Å². The van der Waals surface area contributed by atoms with E-state index in [1.165, 1.54) is 5.19 Å². The summed E-state index contributed by atoms with van der Waals surface area (Å²) in [7, 11) is -0.748. The van der Waals surface area contributed by atoms with Gasteiger partial charge >= 0.3 is 0 Å². The first-order chi connectivity index (χ1) is 13.8. The van der Waals surface area contributed by atoms with Gasteiger partial charge in [0, 0.05) is 29.9 Å². The summed E-state index contributed by atoms with van der Waals surface area (Å²) in [4.78, 5) is 18.1. The first kappa shape index (κ1) is 15.5. The molecule has 0 aliphatic carbocycles. The van der Waals surface area contributed by atoms with E-state index in [1.54, 1.807) is 18.6 Å². The Balaban J connectivity index is 1.36. The van der Waals surface area contributed by atoms with Crippen LogP contribution in [-0.4, -0.2) is 29.5 Å². The number of hydrogen-bond donors (Lipinski definition) is 0. The van der Waals surface area contributed by atoms with Gasteiger partial charge in [0.05, 0.1) is 17.2 Å². The maximum absolute atomic E-state index is 5.90. The highest BCUT2D eigenvalue weighted by molar-refractivity contribution is 6.68. The Morgan fingerprint density at radius 2 is 1.75 bits per heavy atom. The van der Waals surface area contributed by atoms with Gasteiger partial charge in [-0.3, -0.25) is 4.98 Å². The fourth-order valence-corrected chi connectivity index (χ4v) is 5.17. The molecule has 4 aromatic rings. The first-order valence-electron chi connectivity index (χ1n) is 9.06. The van der Waals surface area contributed by atoms with E-state index in [9.17, 15) is 0 Å². The second kappa shape index (κ2) is 5.96. The quantitative estimate of drug-likeness (QED) is 0.404. The maximum atomic E-state index is 5.90. The Morgan fingerprint density at radius 3 is 2.75 bits per heavy atom. The molecule has 6 rings (SSSR count). The molecule has 0 bridgehead atoms. The molecule has 0 fully saturated rings. The van der Waals surface area contributed by atoms with Crippen LogP contribution in [0.2, 0.25) is 0 Å². The Labute approximate surface area is 163 Å². The van der Waals surface area contributed by atoms with Gasteiger partial charge in [-0.1, -0.05) is 24.3 Å². The molecule has 0 saturated heterocycles. The van der Waals surface area contributed by atoms with Crippen LogP contribution in [0, 0.1) is 0 Å². The Kier molecular flexibility index (Phi) is 3.30. The summed E-state index contributed by atoms with van der Waals surface area (Å²) in [5.74, 6) is 2.95. The van der Waals surface area contributed by atoms with E-state index in [1.807, 2.05) is 30.3 Å². The molecule has 134 valence electrons. The van der Waals surface area contributed by atoms with Gasteiger partial charge in [0.2, 0.25) is 11.8 Å². The van der Waals surface area contributed by atoms with Crippen LogP contribution in [-0.2, 0) is 6.42 Å². The first-order valence-corrected chi connectivity index (χ1v) is 10.5. The van der Waals surface area contributed by atoms with Crippen LogP contribution < -0.4 is 20.0 Å². The van der Waals surface area contributed by atoms with Crippen molar-refractivity contribution in [1.29, 1.82) is 0 Å². The van der Waals surface area contributed by atoms with Gasteiger partial charge in [-0.25, -0.2) is 15.0 Å². The molecule has 0 unspecified atom stereocenters. The molecule has 2 aromatic heterocycles. The van der Waals surface area contributed by atoms with Crippen molar-refractivity contribution in [2.45, 2.75) is 6.42 Å². The summed E-state index contributed by atoms with van der Waals surface area (Å²) >= 11 is 0. The normalized spacial score (nSPS) is 14.1. The molecule has 2 aromatic carbocycles. The van der Waals surface area contributed by atoms with E-state index in [4.69, 9.17) is 14.5 Å².